The predicted molar refractivity (Wildman–Crippen MR) is 96.3 cm³/mol. The highest BCUT2D eigenvalue weighted by Crippen LogP contribution is 2.37. The lowest BCUT2D eigenvalue weighted by Crippen LogP contribution is -2.58. The molecule has 0 spiro atoms. The number of benzene rings is 2. The molecule has 0 bridgehead atoms. The highest BCUT2D eigenvalue weighted by Gasteiger charge is 2.45. The summed E-state index contributed by atoms with van der Waals surface area (Å²) in [6.45, 7) is 7.19. The highest BCUT2D eigenvalue weighted by atomic mass is 16.1. The number of aldehydes is 1. The van der Waals surface area contributed by atoms with E-state index in [1.165, 1.54) is 11.1 Å². The van der Waals surface area contributed by atoms with E-state index < -0.39 is 5.54 Å². The fourth-order valence-electron chi connectivity index (χ4n) is 3.19. The Kier molecular flexibility index (Phi) is 5.38. The van der Waals surface area contributed by atoms with Crippen molar-refractivity contribution in [3.8, 4) is 0 Å². The number of hydrogen-bond donors (Lipinski definition) is 0. The molecule has 0 heterocycles. The largest absolute Gasteiger partial charge is 0.301 e. The third kappa shape index (κ3) is 3.89. The Hall–Kier alpha value is -1.93. The van der Waals surface area contributed by atoms with E-state index in [0.717, 1.165) is 12.8 Å². The lowest BCUT2D eigenvalue weighted by molar-refractivity contribution is -0.125. The predicted octanol–water partition coefficient (Wildman–Crippen LogP) is 4.34. The van der Waals surface area contributed by atoms with Crippen molar-refractivity contribution in [2.75, 3.05) is 7.05 Å². The van der Waals surface area contributed by atoms with Crippen LogP contribution in [-0.2, 0) is 17.8 Å². The summed E-state index contributed by atoms with van der Waals surface area (Å²) in [5.41, 5.74) is 1.69. The van der Waals surface area contributed by atoms with E-state index >= 15 is 0 Å². The van der Waals surface area contributed by atoms with E-state index in [2.05, 4.69) is 57.0 Å². The summed E-state index contributed by atoms with van der Waals surface area (Å²) >= 11 is 0. The molecular formula is C21H27NO. The van der Waals surface area contributed by atoms with Crippen molar-refractivity contribution in [1.82, 2.24) is 4.90 Å². The van der Waals surface area contributed by atoms with Crippen LogP contribution in [0, 0.1) is 5.41 Å². The molecule has 0 fully saturated rings. The van der Waals surface area contributed by atoms with Gasteiger partial charge in [0.1, 0.15) is 6.29 Å². The first-order chi connectivity index (χ1) is 10.9. The van der Waals surface area contributed by atoms with E-state index in [1.54, 1.807) is 0 Å². The zero-order chi connectivity index (χ0) is 16.9. The van der Waals surface area contributed by atoms with Crippen molar-refractivity contribution in [3.05, 3.63) is 71.8 Å². The van der Waals surface area contributed by atoms with Crippen LogP contribution < -0.4 is 0 Å². The van der Waals surface area contributed by atoms with Crippen LogP contribution in [-0.4, -0.2) is 23.8 Å². The Morgan fingerprint density at radius 1 is 0.870 bits per heavy atom. The number of nitrogens with zero attached hydrogens (tertiary/aromatic N) is 1. The van der Waals surface area contributed by atoms with Crippen molar-refractivity contribution >= 4 is 6.29 Å². The second-order valence-corrected chi connectivity index (χ2v) is 7.30. The first kappa shape index (κ1) is 17.4. The molecular weight excluding hydrogens is 282 g/mol. The molecule has 0 N–H and O–H groups in total. The summed E-state index contributed by atoms with van der Waals surface area (Å²) in [6, 6.07) is 20.6. The van der Waals surface area contributed by atoms with Crippen molar-refractivity contribution in [1.29, 1.82) is 0 Å². The van der Waals surface area contributed by atoms with E-state index in [0.29, 0.717) is 6.42 Å². The molecule has 0 aromatic heterocycles. The maximum Gasteiger partial charge on any atom is 0.141 e. The van der Waals surface area contributed by atoms with E-state index in [-0.39, 0.29) is 5.41 Å². The second-order valence-electron chi connectivity index (χ2n) is 7.30. The number of carbonyl (C=O) groups excluding carboxylic acids is 1. The molecule has 0 amide bonds. The molecule has 23 heavy (non-hydrogen) atoms. The van der Waals surface area contributed by atoms with Crippen LogP contribution >= 0.6 is 0 Å². The molecule has 0 aliphatic carbocycles. The molecule has 2 aromatic carbocycles. The lowest BCUT2D eigenvalue weighted by Gasteiger charge is -2.47. The zero-order valence-corrected chi connectivity index (χ0v) is 14.6. The zero-order valence-electron chi connectivity index (χ0n) is 14.6. The molecule has 2 heteroatoms. The van der Waals surface area contributed by atoms with Crippen molar-refractivity contribution in [2.24, 2.45) is 5.41 Å². The first-order valence-electron chi connectivity index (χ1n) is 8.14. The summed E-state index contributed by atoms with van der Waals surface area (Å²) in [4.78, 5) is 14.5. The van der Waals surface area contributed by atoms with Gasteiger partial charge in [0.25, 0.3) is 0 Å². The molecule has 0 unspecified atom stereocenters. The maximum atomic E-state index is 12.3. The topological polar surface area (TPSA) is 20.3 Å². The van der Waals surface area contributed by atoms with Crippen LogP contribution in [0.2, 0.25) is 0 Å². The normalized spacial score (nSPS) is 14.5. The molecule has 2 nitrogen and oxygen atoms in total. The quantitative estimate of drug-likeness (QED) is 0.740. The summed E-state index contributed by atoms with van der Waals surface area (Å²) in [6.07, 6.45) is 1.85. The molecule has 0 saturated heterocycles. The molecule has 0 aliphatic rings. The third-order valence-corrected chi connectivity index (χ3v) is 4.75. The molecule has 2 rings (SSSR count). The number of likely N-dealkylation sites (N-methyl/N-ethyl adjacent to an activating group) is 1. The summed E-state index contributed by atoms with van der Waals surface area (Å²) in [5, 5.41) is 0. The van der Waals surface area contributed by atoms with Crippen molar-refractivity contribution < 1.29 is 4.79 Å². The van der Waals surface area contributed by atoms with Gasteiger partial charge >= 0.3 is 0 Å². The van der Waals surface area contributed by atoms with Gasteiger partial charge in [-0.2, -0.15) is 0 Å². The molecule has 0 aliphatic heterocycles. The van der Waals surface area contributed by atoms with Gasteiger partial charge in [-0.3, -0.25) is 4.90 Å². The van der Waals surface area contributed by atoms with E-state index in [9.17, 15) is 4.79 Å². The summed E-state index contributed by atoms with van der Waals surface area (Å²) in [5.74, 6) is 0. The van der Waals surface area contributed by atoms with Gasteiger partial charge in [-0.25, -0.2) is 0 Å². The summed E-state index contributed by atoms with van der Waals surface area (Å²) in [7, 11) is 2.05. The van der Waals surface area contributed by atoms with Crippen LogP contribution in [0.4, 0.5) is 0 Å². The monoisotopic (exact) mass is 309 g/mol. The van der Waals surface area contributed by atoms with Gasteiger partial charge < -0.3 is 4.79 Å². The van der Waals surface area contributed by atoms with E-state index in [1.807, 2.05) is 36.4 Å². The minimum atomic E-state index is -0.551. The number of rotatable bonds is 6. The van der Waals surface area contributed by atoms with Crippen LogP contribution in [0.3, 0.4) is 0 Å². The molecule has 0 saturated carbocycles. The fourth-order valence-corrected chi connectivity index (χ4v) is 3.19. The van der Waals surface area contributed by atoms with Gasteiger partial charge in [-0.15, -0.1) is 0 Å². The molecule has 0 radical (unpaired) electrons. The van der Waals surface area contributed by atoms with Crippen LogP contribution in [0.15, 0.2) is 60.7 Å². The van der Waals surface area contributed by atoms with Gasteiger partial charge in [0, 0.05) is 6.54 Å². The average molecular weight is 309 g/mol. The Labute approximate surface area is 140 Å². The molecule has 2 aromatic rings. The SMILES string of the molecule is CN(Cc1ccccc1)[C@](C=O)(Cc1ccccc1)C(C)(C)C. The Morgan fingerprint density at radius 3 is 1.78 bits per heavy atom. The van der Waals surface area contributed by atoms with Crippen molar-refractivity contribution in [2.45, 2.75) is 39.3 Å². The van der Waals surface area contributed by atoms with Gasteiger partial charge in [0.05, 0.1) is 5.54 Å². The minimum absolute atomic E-state index is 0.172. The van der Waals surface area contributed by atoms with Gasteiger partial charge in [-0.05, 0) is 30.0 Å². The summed E-state index contributed by atoms with van der Waals surface area (Å²) < 4.78 is 0. The standard InChI is InChI=1S/C21H27NO/c1-20(2,3)21(17-23,15-18-11-7-5-8-12-18)22(4)16-19-13-9-6-10-14-19/h5-14,17H,15-16H2,1-4H3/t21-/m0/s1. The lowest BCUT2D eigenvalue weighted by atomic mass is 9.70. The Morgan fingerprint density at radius 2 is 1.35 bits per heavy atom. The highest BCUT2D eigenvalue weighted by molar-refractivity contribution is 5.67. The number of carbonyl (C=O) groups is 1. The maximum absolute atomic E-state index is 12.3. The first-order valence-corrected chi connectivity index (χ1v) is 8.14. The van der Waals surface area contributed by atoms with Crippen LogP contribution in [0.25, 0.3) is 0 Å². The molecule has 1 atom stereocenters. The molecule has 122 valence electrons. The third-order valence-electron chi connectivity index (χ3n) is 4.75. The number of hydrogen-bond acceptors (Lipinski definition) is 2. The van der Waals surface area contributed by atoms with Crippen LogP contribution in [0.1, 0.15) is 31.9 Å². The second kappa shape index (κ2) is 7.10. The fraction of sp³-hybridized carbons (Fsp3) is 0.381. The Bertz CT molecular complexity index is 615. The van der Waals surface area contributed by atoms with Gasteiger partial charge in [0.2, 0.25) is 0 Å². The van der Waals surface area contributed by atoms with Gasteiger partial charge in [-0.1, -0.05) is 81.4 Å². The van der Waals surface area contributed by atoms with E-state index in [4.69, 9.17) is 0 Å². The van der Waals surface area contributed by atoms with Crippen LogP contribution in [0.5, 0.6) is 0 Å². The smallest absolute Gasteiger partial charge is 0.141 e. The minimum Gasteiger partial charge on any atom is -0.301 e. The van der Waals surface area contributed by atoms with Crippen molar-refractivity contribution in [3.63, 3.8) is 0 Å². The average Bonchev–Trinajstić information content (AvgIpc) is 2.53. The Balaban J connectivity index is 2.34. The van der Waals surface area contributed by atoms with Gasteiger partial charge in [0.15, 0.2) is 0 Å².